The molecule has 0 amide bonds. The minimum Gasteiger partial charge on any atom is -0.392 e. The summed E-state index contributed by atoms with van der Waals surface area (Å²) in [5.41, 5.74) is 1.24. The molecule has 1 N–H and O–H groups in total. The summed E-state index contributed by atoms with van der Waals surface area (Å²) in [6.07, 6.45) is -0.308. The van der Waals surface area contributed by atoms with Crippen LogP contribution >= 0.6 is 15.9 Å². The molecule has 0 bridgehead atoms. The van der Waals surface area contributed by atoms with Gasteiger partial charge in [0.1, 0.15) is 0 Å². The smallest absolute Gasteiger partial charge is 0.0664 e. The van der Waals surface area contributed by atoms with Crippen LogP contribution < -0.4 is 0 Å². The highest BCUT2D eigenvalue weighted by molar-refractivity contribution is 9.10. The van der Waals surface area contributed by atoms with Crippen LogP contribution in [0, 0.1) is 0 Å². The summed E-state index contributed by atoms with van der Waals surface area (Å²) in [7, 11) is 2.02. The van der Waals surface area contributed by atoms with Crippen LogP contribution in [0.1, 0.15) is 19.4 Å². The summed E-state index contributed by atoms with van der Waals surface area (Å²) in [4.78, 5) is 2.14. The lowest BCUT2D eigenvalue weighted by atomic mass is 10.1. The second-order valence-electron chi connectivity index (χ2n) is 3.99. The number of aliphatic hydroxyl groups excluding tert-OH is 1. The van der Waals surface area contributed by atoms with Crippen LogP contribution in [0.15, 0.2) is 28.7 Å². The predicted octanol–water partition coefficient (Wildman–Crippen LogP) is 2.65. The van der Waals surface area contributed by atoms with Gasteiger partial charge in [-0.1, -0.05) is 34.1 Å². The molecule has 84 valence electrons. The molecule has 0 fully saturated rings. The largest absolute Gasteiger partial charge is 0.392 e. The third kappa shape index (κ3) is 3.59. The number of likely N-dealkylation sites (N-methyl/N-ethyl adjacent to an activating group) is 1. The van der Waals surface area contributed by atoms with Crippen molar-refractivity contribution in [3.05, 3.63) is 34.3 Å². The molecule has 0 aromatic heterocycles. The molecule has 2 nitrogen and oxygen atoms in total. The van der Waals surface area contributed by atoms with Crippen LogP contribution in [-0.4, -0.2) is 29.2 Å². The molecule has 1 rings (SSSR count). The maximum atomic E-state index is 9.49. The summed E-state index contributed by atoms with van der Waals surface area (Å²) in [5, 5.41) is 9.49. The Morgan fingerprint density at radius 3 is 2.47 bits per heavy atom. The molecule has 0 aliphatic rings. The van der Waals surface area contributed by atoms with E-state index in [9.17, 15) is 5.11 Å². The average Bonchev–Trinajstić information content (AvgIpc) is 2.20. The van der Waals surface area contributed by atoms with E-state index in [1.807, 2.05) is 39.1 Å². The minimum atomic E-state index is -0.308. The van der Waals surface area contributed by atoms with Crippen LogP contribution in [0.2, 0.25) is 0 Å². The van der Waals surface area contributed by atoms with E-state index in [0.29, 0.717) is 0 Å². The lowest BCUT2D eigenvalue weighted by Crippen LogP contribution is -2.36. The Bertz CT molecular complexity index is 314. The molecule has 2 unspecified atom stereocenters. The van der Waals surface area contributed by atoms with E-state index in [4.69, 9.17) is 0 Å². The van der Waals surface area contributed by atoms with Gasteiger partial charge in [-0.15, -0.1) is 0 Å². The molecule has 1 aromatic rings. The fraction of sp³-hybridized carbons (Fsp3) is 0.500. The number of aliphatic hydroxyl groups is 1. The van der Waals surface area contributed by atoms with Gasteiger partial charge in [-0.05, 0) is 32.5 Å². The molecule has 0 heterocycles. The van der Waals surface area contributed by atoms with E-state index in [-0.39, 0.29) is 12.1 Å². The maximum absolute atomic E-state index is 9.49. The Hall–Kier alpha value is -0.380. The third-order valence-corrected chi connectivity index (χ3v) is 3.54. The molecule has 3 heteroatoms. The number of nitrogens with zero attached hydrogens (tertiary/aromatic N) is 1. The molecule has 0 aliphatic carbocycles. The SMILES string of the molecule is CC(O)C(C)N(C)Cc1ccccc1Br. The fourth-order valence-electron chi connectivity index (χ4n) is 1.41. The molecule has 0 radical (unpaired) electrons. The van der Waals surface area contributed by atoms with Crippen molar-refractivity contribution in [3.8, 4) is 0 Å². The standard InChI is InChI=1S/C12H18BrNO/c1-9(10(2)15)14(3)8-11-6-4-5-7-12(11)13/h4-7,9-10,15H,8H2,1-3H3. The molecule has 0 saturated heterocycles. The zero-order valence-electron chi connectivity index (χ0n) is 9.44. The first kappa shape index (κ1) is 12.7. The van der Waals surface area contributed by atoms with Crippen LogP contribution in [0.3, 0.4) is 0 Å². The highest BCUT2D eigenvalue weighted by Crippen LogP contribution is 2.18. The van der Waals surface area contributed by atoms with Crippen molar-refractivity contribution >= 4 is 15.9 Å². The van der Waals surface area contributed by atoms with Crippen molar-refractivity contribution in [2.75, 3.05) is 7.05 Å². The minimum absolute atomic E-state index is 0.164. The van der Waals surface area contributed by atoms with Gasteiger partial charge in [-0.3, -0.25) is 4.90 Å². The molecule has 0 spiro atoms. The monoisotopic (exact) mass is 271 g/mol. The summed E-state index contributed by atoms with van der Waals surface area (Å²) in [5.74, 6) is 0. The van der Waals surface area contributed by atoms with Gasteiger partial charge in [-0.2, -0.15) is 0 Å². The molecule has 0 aliphatic heterocycles. The van der Waals surface area contributed by atoms with E-state index >= 15 is 0 Å². The molecular weight excluding hydrogens is 254 g/mol. The first-order chi connectivity index (χ1) is 7.02. The van der Waals surface area contributed by atoms with Crippen molar-refractivity contribution in [2.45, 2.75) is 32.5 Å². The van der Waals surface area contributed by atoms with Crippen LogP contribution in [0.25, 0.3) is 0 Å². The van der Waals surface area contributed by atoms with Crippen LogP contribution in [0.4, 0.5) is 0 Å². The average molecular weight is 272 g/mol. The number of hydrogen-bond donors (Lipinski definition) is 1. The number of halogens is 1. The van der Waals surface area contributed by atoms with Crippen LogP contribution in [-0.2, 0) is 6.54 Å². The van der Waals surface area contributed by atoms with Crippen molar-refractivity contribution in [2.24, 2.45) is 0 Å². The second-order valence-corrected chi connectivity index (χ2v) is 4.84. The predicted molar refractivity (Wildman–Crippen MR) is 66.8 cm³/mol. The second kappa shape index (κ2) is 5.64. The molecular formula is C12H18BrNO. The van der Waals surface area contributed by atoms with Crippen molar-refractivity contribution in [1.29, 1.82) is 0 Å². The van der Waals surface area contributed by atoms with E-state index in [0.717, 1.165) is 11.0 Å². The topological polar surface area (TPSA) is 23.5 Å². The molecule has 1 aromatic carbocycles. The molecule has 2 atom stereocenters. The quantitative estimate of drug-likeness (QED) is 0.910. The van der Waals surface area contributed by atoms with Gasteiger partial charge in [0.25, 0.3) is 0 Å². The van der Waals surface area contributed by atoms with Gasteiger partial charge in [-0.25, -0.2) is 0 Å². The Morgan fingerprint density at radius 1 is 1.33 bits per heavy atom. The van der Waals surface area contributed by atoms with E-state index < -0.39 is 0 Å². The van der Waals surface area contributed by atoms with Gasteiger partial charge in [0.05, 0.1) is 6.10 Å². The normalized spacial score (nSPS) is 15.3. The van der Waals surface area contributed by atoms with Gasteiger partial charge in [0, 0.05) is 17.1 Å². The Balaban J connectivity index is 2.66. The Labute approximate surface area is 100 Å². The number of benzene rings is 1. The van der Waals surface area contributed by atoms with Crippen molar-refractivity contribution in [1.82, 2.24) is 4.90 Å². The number of rotatable bonds is 4. The highest BCUT2D eigenvalue weighted by Gasteiger charge is 2.15. The zero-order valence-corrected chi connectivity index (χ0v) is 11.0. The Morgan fingerprint density at radius 2 is 1.93 bits per heavy atom. The van der Waals surface area contributed by atoms with Gasteiger partial charge in [0.15, 0.2) is 0 Å². The highest BCUT2D eigenvalue weighted by atomic mass is 79.9. The summed E-state index contributed by atoms with van der Waals surface area (Å²) < 4.78 is 1.12. The van der Waals surface area contributed by atoms with E-state index in [1.165, 1.54) is 5.56 Å². The van der Waals surface area contributed by atoms with Gasteiger partial charge < -0.3 is 5.11 Å². The van der Waals surface area contributed by atoms with Gasteiger partial charge in [0.2, 0.25) is 0 Å². The lowest BCUT2D eigenvalue weighted by molar-refractivity contribution is 0.0827. The first-order valence-electron chi connectivity index (χ1n) is 5.14. The van der Waals surface area contributed by atoms with Crippen LogP contribution in [0.5, 0.6) is 0 Å². The van der Waals surface area contributed by atoms with E-state index in [2.05, 4.69) is 26.9 Å². The third-order valence-electron chi connectivity index (χ3n) is 2.77. The summed E-state index contributed by atoms with van der Waals surface area (Å²) >= 11 is 3.52. The zero-order chi connectivity index (χ0) is 11.4. The fourth-order valence-corrected chi connectivity index (χ4v) is 1.82. The molecule has 0 saturated carbocycles. The summed E-state index contributed by atoms with van der Waals surface area (Å²) in [6, 6.07) is 8.33. The van der Waals surface area contributed by atoms with Crippen molar-refractivity contribution in [3.63, 3.8) is 0 Å². The molecule has 15 heavy (non-hydrogen) atoms. The van der Waals surface area contributed by atoms with E-state index in [1.54, 1.807) is 0 Å². The first-order valence-corrected chi connectivity index (χ1v) is 5.93. The Kier molecular flexibility index (Phi) is 4.77. The lowest BCUT2D eigenvalue weighted by Gasteiger charge is -2.27. The summed E-state index contributed by atoms with van der Waals surface area (Å²) in [6.45, 7) is 4.69. The maximum Gasteiger partial charge on any atom is 0.0664 e. The van der Waals surface area contributed by atoms with Crippen molar-refractivity contribution < 1.29 is 5.11 Å². The number of hydrogen-bond acceptors (Lipinski definition) is 2. The van der Waals surface area contributed by atoms with Gasteiger partial charge >= 0.3 is 0 Å².